The summed E-state index contributed by atoms with van der Waals surface area (Å²) in [7, 11) is 0. The van der Waals surface area contributed by atoms with E-state index in [-0.39, 0.29) is 24.7 Å². The van der Waals surface area contributed by atoms with E-state index in [2.05, 4.69) is 5.32 Å². The molecular weight excluding hydrogens is 236 g/mol. The predicted molar refractivity (Wildman–Crippen MR) is 64.5 cm³/mol. The highest BCUT2D eigenvalue weighted by atomic mass is 16.4. The van der Waals surface area contributed by atoms with Crippen molar-refractivity contribution in [3.63, 3.8) is 0 Å². The lowest BCUT2D eigenvalue weighted by Crippen LogP contribution is -2.44. The number of nitrogens with one attached hydrogen (secondary N) is 1. The largest absolute Gasteiger partial charge is 0.480 e. The lowest BCUT2D eigenvalue weighted by atomic mass is 9.93. The number of carbonyl (C=O) groups excluding carboxylic acids is 2. The van der Waals surface area contributed by atoms with E-state index in [1.54, 1.807) is 0 Å². The van der Waals surface area contributed by atoms with Crippen LogP contribution in [0.5, 0.6) is 0 Å². The molecule has 0 aliphatic heterocycles. The lowest BCUT2D eigenvalue weighted by molar-refractivity contribution is -0.142. The van der Waals surface area contributed by atoms with Crippen molar-refractivity contribution >= 4 is 17.8 Å². The monoisotopic (exact) mass is 254 g/mol. The van der Waals surface area contributed by atoms with Crippen LogP contribution in [0.4, 0.5) is 0 Å². The Morgan fingerprint density at radius 1 is 1.39 bits per heavy atom. The van der Waals surface area contributed by atoms with Crippen molar-refractivity contribution in [2.45, 2.75) is 38.1 Å². The molecule has 0 aromatic carbocycles. The number of allylic oxidation sites excluding steroid dienone is 2. The highest BCUT2D eigenvalue weighted by Crippen LogP contribution is 2.18. The maximum absolute atomic E-state index is 11.8. The van der Waals surface area contributed by atoms with Gasteiger partial charge in [-0.3, -0.25) is 9.59 Å². The molecule has 0 fully saturated rings. The molecule has 4 N–H and O–H groups in total. The van der Waals surface area contributed by atoms with Crippen molar-refractivity contribution in [1.29, 1.82) is 0 Å². The first-order chi connectivity index (χ1) is 8.50. The van der Waals surface area contributed by atoms with Crippen LogP contribution in [0, 0.1) is 5.92 Å². The first-order valence-electron chi connectivity index (χ1n) is 5.97. The summed E-state index contributed by atoms with van der Waals surface area (Å²) in [5.74, 6) is -2.16. The SMILES string of the molecule is NC(=O)CCC(NC(=O)C1CC=CCC1)C(=O)O. The van der Waals surface area contributed by atoms with Gasteiger partial charge in [-0.2, -0.15) is 0 Å². The number of carboxylic acids is 1. The van der Waals surface area contributed by atoms with Crippen molar-refractivity contribution in [3.8, 4) is 0 Å². The van der Waals surface area contributed by atoms with Gasteiger partial charge in [0, 0.05) is 12.3 Å². The number of primary amides is 1. The van der Waals surface area contributed by atoms with Crippen LogP contribution in [0.25, 0.3) is 0 Å². The van der Waals surface area contributed by atoms with Gasteiger partial charge in [0.1, 0.15) is 6.04 Å². The van der Waals surface area contributed by atoms with E-state index in [1.165, 1.54) is 0 Å². The zero-order chi connectivity index (χ0) is 13.5. The molecular formula is C12H18N2O4. The van der Waals surface area contributed by atoms with Crippen LogP contribution in [-0.4, -0.2) is 28.9 Å². The van der Waals surface area contributed by atoms with Crippen LogP contribution >= 0.6 is 0 Å². The fourth-order valence-electron chi connectivity index (χ4n) is 1.87. The Hall–Kier alpha value is -1.85. The van der Waals surface area contributed by atoms with Crippen LogP contribution in [0.15, 0.2) is 12.2 Å². The minimum absolute atomic E-state index is 0.0268. The van der Waals surface area contributed by atoms with Crippen molar-refractivity contribution in [2.24, 2.45) is 11.7 Å². The van der Waals surface area contributed by atoms with E-state index in [1.807, 2.05) is 12.2 Å². The molecule has 0 aromatic heterocycles. The van der Waals surface area contributed by atoms with Crippen LogP contribution < -0.4 is 11.1 Å². The van der Waals surface area contributed by atoms with Gasteiger partial charge in [-0.15, -0.1) is 0 Å². The summed E-state index contributed by atoms with van der Waals surface area (Å²) in [4.78, 5) is 33.4. The molecule has 2 atom stereocenters. The Morgan fingerprint density at radius 3 is 2.61 bits per heavy atom. The maximum Gasteiger partial charge on any atom is 0.326 e. The Morgan fingerprint density at radius 2 is 2.11 bits per heavy atom. The number of rotatable bonds is 6. The normalized spacial score (nSPS) is 20.1. The summed E-state index contributed by atoms with van der Waals surface area (Å²) >= 11 is 0. The Labute approximate surface area is 105 Å². The second-order valence-electron chi connectivity index (χ2n) is 4.39. The summed E-state index contributed by atoms with van der Waals surface area (Å²) in [5, 5.41) is 11.4. The number of aliphatic carboxylic acids is 1. The van der Waals surface area contributed by atoms with E-state index in [4.69, 9.17) is 10.8 Å². The molecule has 1 aliphatic rings. The second kappa shape index (κ2) is 6.78. The zero-order valence-electron chi connectivity index (χ0n) is 10.1. The molecule has 1 rings (SSSR count). The van der Waals surface area contributed by atoms with Gasteiger partial charge in [-0.1, -0.05) is 12.2 Å². The molecule has 0 aromatic rings. The predicted octanol–water partition coefficient (Wildman–Crippen LogP) is 0.178. The van der Waals surface area contributed by atoms with E-state index in [0.29, 0.717) is 6.42 Å². The third kappa shape index (κ3) is 4.57. The van der Waals surface area contributed by atoms with Gasteiger partial charge in [0.05, 0.1) is 0 Å². The molecule has 0 bridgehead atoms. The molecule has 0 radical (unpaired) electrons. The fourth-order valence-corrected chi connectivity index (χ4v) is 1.87. The molecule has 1 aliphatic carbocycles. The lowest BCUT2D eigenvalue weighted by Gasteiger charge is -2.20. The molecule has 100 valence electrons. The number of carbonyl (C=O) groups is 3. The van der Waals surface area contributed by atoms with Crippen molar-refractivity contribution in [2.75, 3.05) is 0 Å². The number of carboxylic acid groups (broad SMARTS) is 1. The average Bonchev–Trinajstić information content (AvgIpc) is 2.34. The van der Waals surface area contributed by atoms with E-state index >= 15 is 0 Å². The van der Waals surface area contributed by atoms with Crippen LogP contribution in [0.2, 0.25) is 0 Å². The molecule has 0 saturated carbocycles. The fraction of sp³-hybridized carbons (Fsp3) is 0.583. The first-order valence-corrected chi connectivity index (χ1v) is 5.97. The molecule has 2 amide bonds. The zero-order valence-corrected chi connectivity index (χ0v) is 10.1. The molecule has 0 saturated heterocycles. The van der Waals surface area contributed by atoms with Crippen LogP contribution in [0.1, 0.15) is 32.1 Å². The summed E-state index contributed by atoms with van der Waals surface area (Å²) in [5.41, 5.74) is 4.96. The molecule has 0 heterocycles. The van der Waals surface area contributed by atoms with E-state index in [0.717, 1.165) is 12.8 Å². The van der Waals surface area contributed by atoms with Gasteiger partial charge in [-0.25, -0.2) is 4.79 Å². The first kappa shape index (κ1) is 14.2. The summed E-state index contributed by atoms with van der Waals surface area (Å²) in [6, 6.07) is -1.05. The minimum Gasteiger partial charge on any atom is -0.480 e. The maximum atomic E-state index is 11.8. The number of amides is 2. The Bertz CT molecular complexity index is 365. The van der Waals surface area contributed by atoms with Crippen molar-refractivity contribution in [3.05, 3.63) is 12.2 Å². The van der Waals surface area contributed by atoms with Gasteiger partial charge in [-0.05, 0) is 25.7 Å². The Balaban J connectivity index is 2.49. The molecule has 2 unspecified atom stereocenters. The topological polar surface area (TPSA) is 109 Å². The second-order valence-corrected chi connectivity index (χ2v) is 4.39. The van der Waals surface area contributed by atoms with Gasteiger partial charge in [0.25, 0.3) is 0 Å². The Kier molecular flexibility index (Phi) is 5.35. The third-order valence-electron chi connectivity index (χ3n) is 2.93. The van der Waals surface area contributed by atoms with Gasteiger partial charge < -0.3 is 16.2 Å². The molecule has 6 heteroatoms. The molecule has 6 nitrogen and oxygen atoms in total. The van der Waals surface area contributed by atoms with E-state index in [9.17, 15) is 14.4 Å². The van der Waals surface area contributed by atoms with Gasteiger partial charge >= 0.3 is 5.97 Å². The molecule has 0 spiro atoms. The summed E-state index contributed by atoms with van der Waals surface area (Å²) in [6.45, 7) is 0. The van der Waals surface area contributed by atoms with Crippen molar-refractivity contribution in [1.82, 2.24) is 5.32 Å². The third-order valence-corrected chi connectivity index (χ3v) is 2.93. The smallest absolute Gasteiger partial charge is 0.326 e. The molecule has 18 heavy (non-hydrogen) atoms. The summed E-state index contributed by atoms with van der Waals surface area (Å²) < 4.78 is 0. The highest BCUT2D eigenvalue weighted by molar-refractivity contribution is 5.85. The number of nitrogens with two attached hydrogens (primary N) is 1. The average molecular weight is 254 g/mol. The van der Waals surface area contributed by atoms with Crippen LogP contribution in [-0.2, 0) is 14.4 Å². The number of hydrogen-bond donors (Lipinski definition) is 3. The number of hydrogen-bond acceptors (Lipinski definition) is 3. The standard InChI is InChI=1S/C12H18N2O4/c13-10(15)7-6-9(12(17)18)14-11(16)8-4-2-1-3-5-8/h1-2,8-9H,3-7H2,(H2,13,15)(H,14,16)(H,17,18). The summed E-state index contributed by atoms with van der Waals surface area (Å²) in [6.07, 6.45) is 6.09. The minimum atomic E-state index is -1.14. The van der Waals surface area contributed by atoms with Crippen molar-refractivity contribution < 1.29 is 19.5 Å². The quantitative estimate of drug-likeness (QED) is 0.587. The van der Waals surface area contributed by atoms with Gasteiger partial charge in [0.2, 0.25) is 11.8 Å². The van der Waals surface area contributed by atoms with Crippen LogP contribution in [0.3, 0.4) is 0 Å². The van der Waals surface area contributed by atoms with Gasteiger partial charge in [0.15, 0.2) is 0 Å². The van der Waals surface area contributed by atoms with E-state index < -0.39 is 17.9 Å². The highest BCUT2D eigenvalue weighted by Gasteiger charge is 2.25.